The highest BCUT2D eigenvalue weighted by Gasteiger charge is 2.12. The summed E-state index contributed by atoms with van der Waals surface area (Å²) in [4.78, 5) is 12.4. The summed E-state index contributed by atoms with van der Waals surface area (Å²) >= 11 is 5.17. The van der Waals surface area contributed by atoms with Gasteiger partial charge in [-0.05, 0) is 27.6 Å². The van der Waals surface area contributed by atoms with Crippen molar-refractivity contribution in [2.45, 2.75) is 0 Å². The summed E-state index contributed by atoms with van der Waals surface area (Å²) in [5.74, 6) is -1.23. The van der Waals surface area contributed by atoms with E-state index >= 15 is 0 Å². The number of hydrogen-bond donors (Lipinski definition) is 0. The summed E-state index contributed by atoms with van der Waals surface area (Å²) in [5, 5.41) is 9.54. The Morgan fingerprint density at radius 3 is 2.73 bits per heavy atom. The third kappa shape index (κ3) is 1.62. The molecule has 1 rings (SSSR count). The Morgan fingerprint density at radius 1 is 1.64 bits per heavy atom. The molecule has 1 aromatic rings. The molecule has 6 heteroatoms. The zero-order valence-electron chi connectivity index (χ0n) is 5.12. The van der Waals surface area contributed by atoms with E-state index in [2.05, 4.69) is 4.98 Å². The van der Waals surface area contributed by atoms with Crippen molar-refractivity contribution in [1.82, 2.24) is 4.98 Å². The Labute approximate surface area is 65.8 Å². The van der Waals surface area contributed by atoms with Crippen LogP contribution in [0.2, 0.25) is 5.15 Å². The maximum absolute atomic E-state index is 12.3. The zero-order chi connectivity index (χ0) is 8.43. The molecule has 0 aromatic carbocycles. The molecule has 0 aliphatic rings. The predicted octanol–water partition coefficient (Wildman–Crippen LogP) is 1.78. The minimum Gasteiger partial charge on any atom is -0.358 e. The number of rotatable bonds is 1. The molecule has 0 saturated carbocycles. The molecule has 0 aliphatic heterocycles. The molecule has 0 saturated heterocycles. The molecular weight excluding hydrogens is 175 g/mol. The molecule has 4 nitrogen and oxygen atoms in total. The van der Waals surface area contributed by atoms with Gasteiger partial charge in [0.2, 0.25) is 0 Å². The van der Waals surface area contributed by atoms with Gasteiger partial charge in [0, 0.05) is 6.07 Å². The van der Waals surface area contributed by atoms with E-state index in [4.69, 9.17) is 11.6 Å². The molecule has 0 spiro atoms. The second-order valence-corrected chi connectivity index (χ2v) is 2.06. The van der Waals surface area contributed by atoms with Crippen LogP contribution in [0, 0.1) is 15.9 Å². The lowest BCUT2D eigenvalue weighted by Crippen LogP contribution is -1.92. The Balaban J connectivity index is 3.15. The van der Waals surface area contributed by atoms with Gasteiger partial charge in [-0.15, -0.1) is 0 Å². The predicted molar refractivity (Wildman–Crippen MR) is 35.9 cm³/mol. The maximum atomic E-state index is 12.3. The van der Waals surface area contributed by atoms with Crippen molar-refractivity contribution >= 4 is 17.4 Å². The summed E-state index contributed by atoms with van der Waals surface area (Å²) in [7, 11) is 0. The Kier molecular flexibility index (Phi) is 2.00. The molecule has 11 heavy (non-hydrogen) atoms. The van der Waals surface area contributed by atoms with Crippen molar-refractivity contribution in [1.29, 1.82) is 0 Å². The summed E-state index contributed by atoms with van der Waals surface area (Å²) < 4.78 is 12.3. The lowest BCUT2D eigenvalue weighted by Gasteiger charge is -1.90. The third-order valence-electron chi connectivity index (χ3n) is 0.976. The molecule has 0 atom stereocenters. The Hall–Kier alpha value is -1.23. The van der Waals surface area contributed by atoms with E-state index in [9.17, 15) is 14.5 Å². The Bertz CT molecular complexity index is 305. The summed E-state index contributed by atoms with van der Waals surface area (Å²) in [5.41, 5.74) is 0. The summed E-state index contributed by atoms with van der Waals surface area (Å²) in [6, 6.07) is 1.84. The second kappa shape index (κ2) is 2.79. The van der Waals surface area contributed by atoms with Gasteiger partial charge in [-0.25, -0.2) is 4.39 Å². The second-order valence-electron chi connectivity index (χ2n) is 1.70. The van der Waals surface area contributed by atoms with E-state index in [1.807, 2.05) is 0 Å². The van der Waals surface area contributed by atoms with Crippen molar-refractivity contribution in [2.75, 3.05) is 0 Å². The molecule has 0 fully saturated rings. The zero-order valence-corrected chi connectivity index (χ0v) is 5.88. The maximum Gasteiger partial charge on any atom is 0.365 e. The van der Waals surface area contributed by atoms with Crippen molar-refractivity contribution < 1.29 is 9.31 Å². The van der Waals surface area contributed by atoms with E-state index in [1.54, 1.807) is 0 Å². The topological polar surface area (TPSA) is 56.0 Å². The molecule has 58 valence electrons. The standard InChI is InChI=1S/C5H2ClFN2O2/c6-5-3(7)1-2-4(8-5)9(10)11/h1-2H. The van der Waals surface area contributed by atoms with Gasteiger partial charge in [-0.2, -0.15) is 0 Å². The SMILES string of the molecule is O=[N+]([O-])c1ccc(F)c(Cl)n1. The van der Waals surface area contributed by atoms with Crippen LogP contribution < -0.4 is 0 Å². The minimum absolute atomic E-state index is 0.462. The molecule has 0 amide bonds. The fourth-order valence-electron chi connectivity index (χ4n) is 0.509. The van der Waals surface area contributed by atoms with Crippen LogP contribution in [-0.2, 0) is 0 Å². The fraction of sp³-hybridized carbons (Fsp3) is 0. The Morgan fingerprint density at radius 2 is 2.27 bits per heavy atom. The third-order valence-corrected chi connectivity index (χ3v) is 1.24. The highest BCUT2D eigenvalue weighted by molar-refractivity contribution is 6.29. The van der Waals surface area contributed by atoms with Gasteiger partial charge in [0.15, 0.2) is 5.82 Å². The van der Waals surface area contributed by atoms with E-state index in [-0.39, 0.29) is 0 Å². The first-order valence-corrected chi connectivity index (χ1v) is 2.95. The largest absolute Gasteiger partial charge is 0.365 e. The van der Waals surface area contributed by atoms with Crippen LogP contribution in [0.15, 0.2) is 12.1 Å². The van der Waals surface area contributed by atoms with Gasteiger partial charge in [0.25, 0.3) is 5.15 Å². The number of aromatic nitrogens is 1. The van der Waals surface area contributed by atoms with Crippen molar-refractivity contribution in [3.63, 3.8) is 0 Å². The average molecular weight is 177 g/mol. The normalized spacial score (nSPS) is 9.64. The van der Waals surface area contributed by atoms with E-state index in [0.717, 1.165) is 12.1 Å². The van der Waals surface area contributed by atoms with Crippen LogP contribution in [0.5, 0.6) is 0 Å². The van der Waals surface area contributed by atoms with Gasteiger partial charge in [-0.1, -0.05) is 0 Å². The van der Waals surface area contributed by atoms with Crippen molar-refractivity contribution in [3.05, 3.63) is 33.2 Å². The summed E-state index contributed by atoms with van der Waals surface area (Å²) in [6.45, 7) is 0. The molecular formula is C5H2ClFN2O2. The van der Waals surface area contributed by atoms with Crippen LogP contribution >= 0.6 is 11.6 Å². The fourth-order valence-corrected chi connectivity index (χ4v) is 0.659. The molecule has 1 aromatic heterocycles. The summed E-state index contributed by atoms with van der Waals surface area (Å²) in [6.07, 6.45) is 0. The first-order valence-electron chi connectivity index (χ1n) is 2.57. The van der Waals surface area contributed by atoms with E-state index < -0.39 is 21.7 Å². The molecule has 0 N–H and O–H groups in total. The van der Waals surface area contributed by atoms with Crippen molar-refractivity contribution in [3.8, 4) is 0 Å². The number of nitro groups is 1. The molecule has 0 radical (unpaired) electrons. The van der Waals surface area contributed by atoms with Crippen LogP contribution in [0.25, 0.3) is 0 Å². The number of hydrogen-bond acceptors (Lipinski definition) is 3. The highest BCUT2D eigenvalue weighted by atomic mass is 35.5. The van der Waals surface area contributed by atoms with Gasteiger partial charge in [0.05, 0.1) is 0 Å². The monoisotopic (exact) mass is 176 g/mol. The highest BCUT2D eigenvalue weighted by Crippen LogP contribution is 2.15. The number of pyridine rings is 1. The van der Waals surface area contributed by atoms with Gasteiger partial charge < -0.3 is 10.1 Å². The quantitative estimate of drug-likeness (QED) is 0.372. The van der Waals surface area contributed by atoms with Crippen LogP contribution in [-0.4, -0.2) is 9.91 Å². The average Bonchev–Trinajstić information content (AvgIpc) is 1.94. The van der Waals surface area contributed by atoms with E-state index in [1.165, 1.54) is 0 Å². The number of halogens is 2. The molecule has 0 bridgehead atoms. The van der Waals surface area contributed by atoms with Gasteiger partial charge in [-0.3, -0.25) is 0 Å². The molecule has 0 aliphatic carbocycles. The smallest absolute Gasteiger partial charge is 0.358 e. The van der Waals surface area contributed by atoms with Crippen molar-refractivity contribution in [2.24, 2.45) is 0 Å². The van der Waals surface area contributed by atoms with Crippen LogP contribution in [0.4, 0.5) is 10.2 Å². The van der Waals surface area contributed by atoms with Gasteiger partial charge >= 0.3 is 5.82 Å². The first kappa shape index (κ1) is 7.87. The van der Waals surface area contributed by atoms with Gasteiger partial charge in [0.1, 0.15) is 0 Å². The van der Waals surface area contributed by atoms with Crippen LogP contribution in [0.1, 0.15) is 0 Å². The molecule has 0 unspecified atom stereocenters. The van der Waals surface area contributed by atoms with E-state index in [0.29, 0.717) is 0 Å². The lowest BCUT2D eigenvalue weighted by atomic mass is 10.4. The number of nitrogens with zero attached hydrogens (tertiary/aromatic N) is 2. The van der Waals surface area contributed by atoms with Crippen LogP contribution in [0.3, 0.4) is 0 Å². The molecule has 1 heterocycles. The lowest BCUT2D eigenvalue weighted by molar-refractivity contribution is -0.389. The minimum atomic E-state index is -0.766. The first-order chi connectivity index (χ1) is 5.11.